The Morgan fingerprint density at radius 3 is 2.50 bits per heavy atom. The van der Waals surface area contributed by atoms with Gasteiger partial charge in [-0.2, -0.15) is 0 Å². The number of carbonyl (C=O) groups excluding carboxylic acids is 1. The van der Waals surface area contributed by atoms with Crippen LogP contribution in [0.15, 0.2) is 36.4 Å². The van der Waals surface area contributed by atoms with Crippen LogP contribution in [0.5, 0.6) is 5.75 Å². The van der Waals surface area contributed by atoms with Crippen molar-refractivity contribution in [3.63, 3.8) is 0 Å². The number of hydrogen-bond acceptors (Lipinski definition) is 2. The summed E-state index contributed by atoms with van der Waals surface area (Å²) >= 11 is 0. The molecular formula is C20H24N2O2. The van der Waals surface area contributed by atoms with Crippen LogP contribution in [0.2, 0.25) is 0 Å². The maximum Gasteiger partial charge on any atom is 0.326 e. The first-order valence-electron chi connectivity index (χ1n) is 8.40. The van der Waals surface area contributed by atoms with Gasteiger partial charge in [0.05, 0.1) is 12.2 Å². The molecule has 1 heterocycles. The van der Waals surface area contributed by atoms with Crippen LogP contribution in [-0.2, 0) is 0 Å². The molecule has 0 bridgehead atoms. The van der Waals surface area contributed by atoms with Gasteiger partial charge in [-0.05, 0) is 68.1 Å². The fourth-order valence-corrected chi connectivity index (χ4v) is 3.10. The Morgan fingerprint density at radius 1 is 1.12 bits per heavy atom. The lowest BCUT2D eigenvalue weighted by Crippen LogP contribution is -2.45. The molecule has 126 valence electrons. The van der Waals surface area contributed by atoms with Gasteiger partial charge < -0.3 is 10.1 Å². The number of carbonyl (C=O) groups is 1. The molecule has 2 aromatic rings. The third-order valence-electron chi connectivity index (χ3n) is 4.26. The van der Waals surface area contributed by atoms with Crippen LogP contribution >= 0.6 is 0 Å². The molecule has 0 aliphatic carbocycles. The molecule has 0 aromatic heterocycles. The van der Waals surface area contributed by atoms with E-state index in [1.54, 1.807) is 4.90 Å². The summed E-state index contributed by atoms with van der Waals surface area (Å²) in [5.74, 6) is 0.772. The Hall–Kier alpha value is -2.49. The topological polar surface area (TPSA) is 41.6 Å². The molecule has 24 heavy (non-hydrogen) atoms. The average Bonchev–Trinajstić information content (AvgIpc) is 2.52. The minimum atomic E-state index is -0.117. The fourth-order valence-electron chi connectivity index (χ4n) is 3.10. The molecule has 4 heteroatoms. The van der Waals surface area contributed by atoms with Crippen molar-refractivity contribution < 1.29 is 9.53 Å². The summed E-state index contributed by atoms with van der Waals surface area (Å²) in [5.41, 5.74) is 5.04. The number of fused-ring (bicyclic) bond motifs is 1. The first-order chi connectivity index (χ1) is 11.5. The number of aryl methyl sites for hydroxylation is 3. The van der Waals surface area contributed by atoms with Gasteiger partial charge in [0.25, 0.3) is 0 Å². The number of anilines is 2. The van der Waals surface area contributed by atoms with Crippen LogP contribution in [0.25, 0.3) is 0 Å². The van der Waals surface area contributed by atoms with E-state index in [2.05, 4.69) is 18.3 Å². The third kappa shape index (κ3) is 3.37. The second-order valence-corrected chi connectivity index (χ2v) is 6.54. The Labute approximate surface area is 143 Å². The highest BCUT2D eigenvalue weighted by molar-refractivity contribution is 6.03. The van der Waals surface area contributed by atoms with Crippen LogP contribution in [-0.4, -0.2) is 18.7 Å². The van der Waals surface area contributed by atoms with Crippen molar-refractivity contribution in [1.82, 2.24) is 0 Å². The number of amides is 2. The van der Waals surface area contributed by atoms with Crippen molar-refractivity contribution in [2.75, 3.05) is 16.8 Å². The van der Waals surface area contributed by atoms with Crippen molar-refractivity contribution >= 4 is 17.4 Å². The van der Waals surface area contributed by atoms with Gasteiger partial charge in [0.15, 0.2) is 0 Å². The molecule has 0 spiro atoms. The zero-order valence-corrected chi connectivity index (χ0v) is 14.7. The van der Waals surface area contributed by atoms with Gasteiger partial charge in [0.1, 0.15) is 11.9 Å². The van der Waals surface area contributed by atoms with Crippen molar-refractivity contribution in [1.29, 1.82) is 0 Å². The SMILES string of the molecule is CC[C@@H]1CN(C(=O)Nc2cc(C)cc(C)c2)c2cc(C)ccc2O1. The first-order valence-corrected chi connectivity index (χ1v) is 8.40. The number of nitrogens with one attached hydrogen (secondary N) is 1. The smallest absolute Gasteiger partial charge is 0.326 e. The fraction of sp³-hybridized carbons (Fsp3) is 0.350. The Balaban J connectivity index is 1.89. The molecule has 3 rings (SSSR count). The monoisotopic (exact) mass is 324 g/mol. The van der Waals surface area contributed by atoms with Crippen molar-refractivity contribution in [3.05, 3.63) is 53.1 Å². The average molecular weight is 324 g/mol. The molecule has 0 saturated carbocycles. The molecule has 0 fully saturated rings. The number of benzene rings is 2. The normalized spacial score (nSPS) is 16.3. The van der Waals surface area contributed by atoms with Gasteiger partial charge in [0.2, 0.25) is 0 Å². The van der Waals surface area contributed by atoms with E-state index >= 15 is 0 Å². The van der Waals surface area contributed by atoms with Gasteiger partial charge >= 0.3 is 6.03 Å². The second-order valence-electron chi connectivity index (χ2n) is 6.54. The van der Waals surface area contributed by atoms with Gasteiger partial charge in [-0.15, -0.1) is 0 Å². The summed E-state index contributed by atoms with van der Waals surface area (Å²) in [6.07, 6.45) is 0.880. The predicted molar refractivity (Wildman–Crippen MR) is 98.2 cm³/mol. The number of hydrogen-bond donors (Lipinski definition) is 1. The van der Waals surface area contributed by atoms with Crippen molar-refractivity contribution in [3.8, 4) is 5.75 Å². The van der Waals surface area contributed by atoms with E-state index in [0.29, 0.717) is 6.54 Å². The lowest BCUT2D eigenvalue weighted by molar-refractivity contribution is 0.188. The molecule has 4 nitrogen and oxygen atoms in total. The van der Waals surface area contributed by atoms with Crippen molar-refractivity contribution in [2.24, 2.45) is 0 Å². The molecule has 0 radical (unpaired) electrons. The highest BCUT2D eigenvalue weighted by Crippen LogP contribution is 2.35. The number of nitrogens with zero attached hydrogens (tertiary/aromatic N) is 1. The summed E-state index contributed by atoms with van der Waals surface area (Å²) in [6.45, 7) is 8.71. The molecule has 1 aliphatic rings. The van der Waals surface area contributed by atoms with Gasteiger partial charge in [-0.1, -0.05) is 19.1 Å². The molecular weight excluding hydrogens is 300 g/mol. The zero-order valence-electron chi connectivity index (χ0n) is 14.7. The van der Waals surface area contributed by atoms with Gasteiger partial charge in [-0.3, -0.25) is 4.90 Å². The summed E-state index contributed by atoms with van der Waals surface area (Å²) in [5, 5.41) is 3.03. The third-order valence-corrected chi connectivity index (χ3v) is 4.26. The highest BCUT2D eigenvalue weighted by Gasteiger charge is 2.29. The largest absolute Gasteiger partial charge is 0.486 e. The van der Waals surface area contributed by atoms with Gasteiger partial charge in [-0.25, -0.2) is 4.79 Å². The van der Waals surface area contributed by atoms with E-state index in [0.717, 1.165) is 40.2 Å². The molecule has 1 N–H and O–H groups in total. The molecule has 1 aliphatic heterocycles. The van der Waals surface area contributed by atoms with Crippen LogP contribution in [0, 0.1) is 20.8 Å². The predicted octanol–water partition coefficient (Wildman–Crippen LogP) is 4.82. The summed E-state index contributed by atoms with van der Waals surface area (Å²) in [4.78, 5) is 14.7. The Morgan fingerprint density at radius 2 is 1.83 bits per heavy atom. The maximum atomic E-state index is 12.9. The standard InChI is InChI=1S/C20H24N2O2/c1-5-17-12-22(18-11-13(2)6-7-19(18)24-17)20(23)21-16-9-14(3)8-15(4)10-16/h6-11,17H,5,12H2,1-4H3,(H,21,23)/t17-/m1/s1. The van der Waals surface area contributed by atoms with E-state index in [4.69, 9.17) is 4.74 Å². The van der Waals surface area contributed by atoms with Crippen LogP contribution < -0.4 is 15.0 Å². The quantitative estimate of drug-likeness (QED) is 0.860. The van der Waals surface area contributed by atoms with Crippen LogP contribution in [0.4, 0.5) is 16.2 Å². The summed E-state index contributed by atoms with van der Waals surface area (Å²) < 4.78 is 5.98. The second kappa shape index (κ2) is 6.56. The number of rotatable bonds is 2. The molecule has 1 atom stereocenters. The first kappa shape index (κ1) is 16.4. The molecule has 0 unspecified atom stereocenters. The number of ether oxygens (including phenoxy) is 1. The molecule has 2 aromatic carbocycles. The Kier molecular flexibility index (Phi) is 4.47. The lowest BCUT2D eigenvalue weighted by Gasteiger charge is -2.34. The van der Waals surface area contributed by atoms with E-state index < -0.39 is 0 Å². The minimum absolute atomic E-state index is 0.0187. The van der Waals surface area contributed by atoms with Crippen molar-refractivity contribution in [2.45, 2.75) is 40.2 Å². The van der Waals surface area contributed by atoms with E-state index in [9.17, 15) is 4.79 Å². The van der Waals surface area contributed by atoms with Gasteiger partial charge in [0, 0.05) is 5.69 Å². The highest BCUT2D eigenvalue weighted by atomic mass is 16.5. The van der Waals surface area contributed by atoms with E-state index in [-0.39, 0.29) is 12.1 Å². The number of urea groups is 1. The lowest BCUT2D eigenvalue weighted by atomic mass is 10.1. The molecule has 2 amide bonds. The maximum absolute atomic E-state index is 12.9. The molecule has 0 saturated heterocycles. The zero-order chi connectivity index (χ0) is 17.3. The minimum Gasteiger partial charge on any atom is -0.486 e. The van der Waals surface area contributed by atoms with Crippen LogP contribution in [0.3, 0.4) is 0 Å². The van der Waals surface area contributed by atoms with Crippen LogP contribution in [0.1, 0.15) is 30.0 Å². The van der Waals surface area contributed by atoms with E-state index in [1.165, 1.54) is 0 Å². The summed E-state index contributed by atoms with van der Waals surface area (Å²) in [6, 6.07) is 11.9. The summed E-state index contributed by atoms with van der Waals surface area (Å²) in [7, 11) is 0. The van der Waals surface area contributed by atoms with E-state index in [1.807, 2.05) is 51.1 Å². The Bertz CT molecular complexity index is 750.